The first kappa shape index (κ1) is 29.3. The molecule has 7 nitrogen and oxygen atoms in total. The Morgan fingerprint density at radius 3 is 2.36 bits per heavy atom. The van der Waals surface area contributed by atoms with E-state index in [4.69, 9.17) is 0 Å². The number of anilines is 2. The molecular formula is C28H24F6N5O2S+. The van der Waals surface area contributed by atoms with Crippen LogP contribution >= 0.6 is 10.7 Å². The van der Waals surface area contributed by atoms with E-state index in [0.29, 0.717) is 27.4 Å². The molecule has 0 saturated carbocycles. The van der Waals surface area contributed by atoms with Gasteiger partial charge in [0.25, 0.3) is 0 Å². The summed E-state index contributed by atoms with van der Waals surface area (Å²) < 4.78 is 84.9. The van der Waals surface area contributed by atoms with Gasteiger partial charge in [0.2, 0.25) is 5.78 Å². The van der Waals surface area contributed by atoms with Crippen LogP contribution in [0.5, 0.6) is 5.75 Å². The smallest absolute Gasteiger partial charge is 0.406 e. The minimum Gasteiger partial charge on any atom is -0.406 e. The van der Waals surface area contributed by atoms with Gasteiger partial charge in [-0.3, -0.25) is 9.48 Å². The quantitative estimate of drug-likeness (QED) is 0.163. The van der Waals surface area contributed by atoms with Crippen molar-refractivity contribution in [1.29, 1.82) is 0 Å². The molecule has 0 bridgehead atoms. The number of aryl methyl sites for hydroxylation is 2. The summed E-state index contributed by atoms with van der Waals surface area (Å²) in [5, 5.41) is 9.14. The fourth-order valence-corrected chi connectivity index (χ4v) is 6.53. The van der Waals surface area contributed by atoms with Crippen LogP contribution < -0.4 is 14.4 Å². The van der Waals surface area contributed by atoms with E-state index >= 15 is 0 Å². The second-order valence-electron chi connectivity index (χ2n) is 9.40. The number of hydrogen-bond donors (Lipinski definition) is 2. The summed E-state index contributed by atoms with van der Waals surface area (Å²) in [6, 6.07) is 14.2. The van der Waals surface area contributed by atoms with Crippen LogP contribution in [0.3, 0.4) is 0 Å². The molecule has 1 aliphatic heterocycles. The number of quaternary nitrogens is 1. The van der Waals surface area contributed by atoms with E-state index in [1.54, 1.807) is 42.9 Å². The number of carbonyl (C=O) groups excluding carboxylic acids is 1. The number of fused-ring (bicyclic) bond motifs is 2. The van der Waals surface area contributed by atoms with Gasteiger partial charge in [-0.15, -0.1) is 13.2 Å². The highest BCUT2D eigenvalue weighted by molar-refractivity contribution is 8.09. The average molecular weight is 609 g/mol. The lowest BCUT2D eigenvalue weighted by molar-refractivity contribution is -0.694. The topological polar surface area (TPSA) is 73.5 Å². The summed E-state index contributed by atoms with van der Waals surface area (Å²) in [7, 11) is 0.868. The molecule has 2 aromatic heterocycles. The fourth-order valence-electron chi connectivity index (χ4n) is 4.54. The third-order valence-electron chi connectivity index (χ3n) is 6.61. The second kappa shape index (κ2) is 10.9. The molecule has 0 spiro atoms. The van der Waals surface area contributed by atoms with Crippen molar-refractivity contribution in [1.82, 2.24) is 14.8 Å². The predicted molar refractivity (Wildman–Crippen MR) is 145 cm³/mol. The van der Waals surface area contributed by atoms with Crippen molar-refractivity contribution in [2.24, 2.45) is 7.05 Å². The number of nitrogens with one attached hydrogen (secondary N) is 2. The Hall–Kier alpha value is -4.17. The Balaban J connectivity index is 1.62. The van der Waals surface area contributed by atoms with E-state index in [0.717, 1.165) is 16.1 Å². The van der Waals surface area contributed by atoms with Gasteiger partial charge in [-0.25, -0.2) is 9.29 Å². The number of alkyl halides is 6. The molecule has 1 aliphatic rings. The SMILES string of the molecule is CC=S(c1ccc(OC(F)(F)F)cc1)[NH+]1Cc2ccc(C(F)(F)F)nc2Nc2ccc(C(=O)c3cc(C)n(C)n3)cc21. The lowest BCUT2D eigenvalue weighted by Gasteiger charge is -2.23. The normalized spacial score (nSPS) is 15.8. The van der Waals surface area contributed by atoms with Crippen LogP contribution in [-0.4, -0.2) is 32.3 Å². The van der Waals surface area contributed by atoms with E-state index in [1.807, 2.05) is 12.3 Å². The fraction of sp³-hybridized carbons (Fsp3) is 0.214. The minimum absolute atomic E-state index is 0.0223. The predicted octanol–water partition coefficient (Wildman–Crippen LogP) is 6.11. The van der Waals surface area contributed by atoms with E-state index < -0.39 is 28.9 Å². The molecule has 0 amide bonds. The molecule has 0 aliphatic carbocycles. The summed E-state index contributed by atoms with van der Waals surface area (Å²) in [5.41, 5.74) is 1.76. The molecular weight excluding hydrogens is 584 g/mol. The van der Waals surface area contributed by atoms with Crippen molar-refractivity contribution in [2.75, 3.05) is 5.32 Å². The standard InChI is InChI=1S/C28H23F6N5O2S/c1-4-42(20-9-7-19(8-10-20)41-28(32,33)34)39-15-18-6-12-24(27(29,30)31)36-26(18)35-21-11-5-17(14-23(21)39)25(40)22-13-16(2)38(3)37-22/h4-14H,15H2,1-3H3,(H,35,36)/p+1. The zero-order chi connectivity index (χ0) is 30.4. The Kier molecular flexibility index (Phi) is 7.62. The molecule has 3 heterocycles. The van der Waals surface area contributed by atoms with Gasteiger partial charge in [-0.1, -0.05) is 0 Å². The molecule has 4 aromatic rings. The number of rotatable bonds is 5. The highest BCUT2D eigenvalue weighted by atomic mass is 32.2. The number of aromatic nitrogens is 3. The Bertz CT molecular complexity index is 1680. The van der Waals surface area contributed by atoms with E-state index in [1.165, 1.54) is 30.3 Å². The highest BCUT2D eigenvalue weighted by Gasteiger charge is 2.36. The van der Waals surface area contributed by atoms with Crippen LogP contribution in [0, 0.1) is 6.92 Å². The van der Waals surface area contributed by atoms with E-state index in [9.17, 15) is 31.1 Å². The number of carbonyl (C=O) groups is 1. The van der Waals surface area contributed by atoms with Gasteiger partial charge in [-0.05, 0) is 73.8 Å². The molecule has 0 saturated heterocycles. The molecule has 42 heavy (non-hydrogen) atoms. The zero-order valence-electron chi connectivity index (χ0n) is 22.4. The maximum Gasteiger partial charge on any atom is 0.573 e. The Morgan fingerprint density at radius 1 is 1.05 bits per heavy atom. The summed E-state index contributed by atoms with van der Waals surface area (Å²) in [6.07, 6.45) is -9.50. The van der Waals surface area contributed by atoms with Crippen LogP contribution in [0.2, 0.25) is 0 Å². The lowest BCUT2D eigenvalue weighted by atomic mass is 10.1. The molecule has 5 rings (SSSR count). The number of hydrogen-bond acceptors (Lipinski definition) is 5. The average Bonchev–Trinajstić information content (AvgIpc) is 3.17. The molecule has 2 unspecified atom stereocenters. The number of halogens is 6. The maximum absolute atomic E-state index is 13.5. The molecule has 2 atom stereocenters. The van der Waals surface area contributed by atoms with Crippen molar-refractivity contribution >= 4 is 39.0 Å². The van der Waals surface area contributed by atoms with Crippen molar-refractivity contribution in [2.45, 2.75) is 37.8 Å². The van der Waals surface area contributed by atoms with Gasteiger partial charge in [0, 0.05) is 35.0 Å². The van der Waals surface area contributed by atoms with Crippen LogP contribution in [0.15, 0.2) is 65.6 Å². The largest absolute Gasteiger partial charge is 0.573 e. The van der Waals surface area contributed by atoms with Crippen molar-refractivity contribution < 1.29 is 40.2 Å². The first-order valence-corrected chi connectivity index (χ1v) is 13.8. The van der Waals surface area contributed by atoms with E-state index in [2.05, 4.69) is 20.1 Å². The lowest BCUT2D eigenvalue weighted by Crippen LogP contribution is -3.00. The van der Waals surface area contributed by atoms with Gasteiger partial charge < -0.3 is 10.1 Å². The Morgan fingerprint density at radius 2 is 1.76 bits per heavy atom. The molecule has 2 aromatic carbocycles. The van der Waals surface area contributed by atoms with Crippen molar-refractivity contribution in [3.63, 3.8) is 0 Å². The monoisotopic (exact) mass is 608 g/mol. The minimum atomic E-state index is -4.85. The molecule has 220 valence electrons. The first-order valence-electron chi connectivity index (χ1n) is 12.5. The van der Waals surface area contributed by atoms with Gasteiger partial charge in [0.1, 0.15) is 35.2 Å². The van der Waals surface area contributed by atoms with Crippen LogP contribution in [-0.2, 0) is 19.8 Å². The Labute approximate surface area is 238 Å². The van der Waals surface area contributed by atoms with Crippen molar-refractivity contribution in [3.05, 3.63) is 88.9 Å². The molecule has 2 N–H and O–H groups in total. The number of benzene rings is 2. The molecule has 0 radical (unpaired) electrons. The van der Waals surface area contributed by atoms with Gasteiger partial charge in [-0.2, -0.15) is 18.3 Å². The van der Waals surface area contributed by atoms with Gasteiger partial charge in [0.05, 0.1) is 10.5 Å². The maximum atomic E-state index is 13.5. The number of ether oxygens (including phenoxy) is 1. The first-order chi connectivity index (χ1) is 19.7. The number of pyridine rings is 1. The van der Waals surface area contributed by atoms with Gasteiger partial charge in [0.15, 0.2) is 5.69 Å². The van der Waals surface area contributed by atoms with Gasteiger partial charge >= 0.3 is 12.5 Å². The summed E-state index contributed by atoms with van der Waals surface area (Å²) in [4.78, 5) is 17.9. The third kappa shape index (κ3) is 6.04. The number of ketones is 1. The van der Waals surface area contributed by atoms with E-state index in [-0.39, 0.29) is 29.6 Å². The summed E-state index contributed by atoms with van der Waals surface area (Å²) in [5.74, 6) is -0.699. The third-order valence-corrected chi connectivity index (χ3v) is 8.76. The molecule has 0 fully saturated rings. The molecule has 14 heteroatoms. The zero-order valence-corrected chi connectivity index (χ0v) is 23.2. The number of nitrogens with zero attached hydrogens (tertiary/aromatic N) is 3. The van der Waals surface area contributed by atoms with Crippen LogP contribution in [0.25, 0.3) is 0 Å². The van der Waals surface area contributed by atoms with Crippen LogP contribution in [0.4, 0.5) is 43.5 Å². The highest BCUT2D eigenvalue weighted by Crippen LogP contribution is 2.36. The summed E-state index contributed by atoms with van der Waals surface area (Å²) in [6.45, 7) is 3.75. The summed E-state index contributed by atoms with van der Waals surface area (Å²) >= 11 is 0. The van der Waals surface area contributed by atoms with Crippen molar-refractivity contribution in [3.8, 4) is 5.75 Å². The second-order valence-corrected chi connectivity index (χ2v) is 11.5. The van der Waals surface area contributed by atoms with Crippen LogP contribution in [0.1, 0.15) is 39.9 Å².